The number of ether oxygens (including phenoxy) is 1. The van der Waals surface area contributed by atoms with E-state index >= 15 is 0 Å². The van der Waals surface area contributed by atoms with E-state index < -0.39 is 6.10 Å². The highest BCUT2D eigenvalue weighted by molar-refractivity contribution is 7.09. The molecule has 0 aliphatic rings. The first-order valence-corrected chi connectivity index (χ1v) is 7.46. The van der Waals surface area contributed by atoms with Crippen molar-refractivity contribution in [2.24, 2.45) is 11.8 Å². The second-order valence-corrected chi connectivity index (χ2v) is 6.16. The lowest BCUT2D eigenvalue weighted by Gasteiger charge is -2.18. The highest BCUT2D eigenvalue weighted by atomic mass is 32.1. The highest BCUT2D eigenvalue weighted by Crippen LogP contribution is 2.10. The van der Waals surface area contributed by atoms with Gasteiger partial charge in [0.1, 0.15) is 0 Å². The molecule has 0 saturated heterocycles. The zero-order valence-electron chi connectivity index (χ0n) is 11.6. The molecule has 0 bridgehead atoms. The maximum Gasteiger partial charge on any atom is 0.0897 e. The van der Waals surface area contributed by atoms with Crippen LogP contribution in [0.5, 0.6) is 0 Å². The average molecular weight is 271 g/mol. The number of hydrogen-bond acceptors (Lipinski definition) is 4. The zero-order chi connectivity index (χ0) is 13.4. The van der Waals surface area contributed by atoms with E-state index in [0.717, 1.165) is 6.54 Å². The summed E-state index contributed by atoms with van der Waals surface area (Å²) in [6, 6.07) is 4.05. The Morgan fingerprint density at radius 2 is 2.11 bits per heavy atom. The summed E-state index contributed by atoms with van der Waals surface area (Å²) in [5.41, 5.74) is 0. The van der Waals surface area contributed by atoms with Crippen LogP contribution in [-0.4, -0.2) is 30.9 Å². The van der Waals surface area contributed by atoms with Crippen LogP contribution >= 0.6 is 11.3 Å². The minimum Gasteiger partial charge on any atom is -0.389 e. The fourth-order valence-electron chi connectivity index (χ4n) is 1.46. The van der Waals surface area contributed by atoms with Crippen molar-refractivity contribution in [2.75, 3.05) is 19.7 Å². The number of nitrogens with one attached hydrogen (secondary N) is 1. The summed E-state index contributed by atoms with van der Waals surface area (Å²) in [6.07, 6.45) is -0.427. The van der Waals surface area contributed by atoms with Crippen LogP contribution in [0.15, 0.2) is 17.5 Å². The van der Waals surface area contributed by atoms with E-state index in [4.69, 9.17) is 4.74 Å². The first kappa shape index (κ1) is 15.6. The number of aliphatic hydroxyl groups excluding tert-OH is 1. The van der Waals surface area contributed by atoms with Gasteiger partial charge in [-0.2, -0.15) is 0 Å². The van der Waals surface area contributed by atoms with Crippen LogP contribution < -0.4 is 5.32 Å². The molecular formula is C14H25NO2S. The molecule has 2 N–H and O–H groups in total. The lowest BCUT2D eigenvalue weighted by atomic mass is 9.98. The highest BCUT2D eigenvalue weighted by Gasteiger charge is 2.08. The minimum absolute atomic E-state index is 0.390. The molecule has 0 aromatic carbocycles. The summed E-state index contributed by atoms with van der Waals surface area (Å²) in [6.45, 7) is 9.18. The molecule has 0 aliphatic heterocycles. The van der Waals surface area contributed by atoms with Gasteiger partial charge in [-0.05, 0) is 29.8 Å². The second kappa shape index (κ2) is 8.64. The predicted molar refractivity (Wildman–Crippen MR) is 76.9 cm³/mol. The molecule has 1 heterocycles. The molecule has 0 spiro atoms. The molecule has 3 nitrogen and oxygen atoms in total. The fraction of sp³-hybridized carbons (Fsp3) is 0.714. The van der Waals surface area contributed by atoms with Gasteiger partial charge in [0.2, 0.25) is 0 Å². The van der Waals surface area contributed by atoms with Crippen LogP contribution in [0.4, 0.5) is 0 Å². The Hall–Kier alpha value is -0.420. The summed E-state index contributed by atoms with van der Waals surface area (Å²) in [5.74, 6) is 1.30. The van der Waals surface area contributed by atoms with Crippen LogP contribution in [0, 0.1) is 11.8 Å². The van der Waals surface area contributed by atoms with Crippen molar-refractivity contribution >= 4 is 11.3 Å². The van der Waals surface area contributed by atoms with Crippen LogP contribution in [0.3, 0.4) is 0 Å². The van der Waals surface area contributed by atoms with Crippen LogP contribution in [0.2, 0.25) is 0 Å². The molecule has 104 valence electrons. The molecule has 0 amide bonds. The summed E-state index contributed by atoms with van der Waals surface area (Å²) in [4.78, 5) is 1.20. The van der Waals surface area contributed by atoms with Gasteiger partial charge in [0, 0.05) is 11.4 Å². The summed E-state index contributed by atoms with van der Waals surface area (Å²) in [5, 5.41) is 15.1. The SMILES string of the molecule is CC(C)C(C)CNCC(O)COCc1cccs1. The van der Waals surface area contributed by atoms with Gasteiger partial charge >= 0.3 is 0 Å². The van der Waals surface area contributed by atoms with Gasteiger partial charge in [-0.1, -0.05) is 26.8 Å². The van der Waals surface area contributed by atoms with Crippen LogP contribution in [-0.2, 0) is 11.3 Å². The van der Waals surface area contributed by atoms with Gasteiger partial charge in [0.15, 0.2) is 0 Å². The molecule has 1 aromatic rings. The second-order valence-electron chi connectivity index (χ2n) is 5.13. The lowest BCUT2D eigenvalue weighted by molar-refractivity contribution is 0.0294. The largest absolute Gasteiger partial charge is 0.389 e. The number of aliphatic hydroxyl groups is 1. The predicted octanol–water partition coefficient (Wildman–Crippen LogP) is 2.51. The smallest absolute Gasteiger partial charge is 0.0897 e. The first-order valence-electron chi connectivity index (χ1n) is 6.58. The molecule has 0 radical (unpaired) electrons. The molecule has 0 fully saturated rings. The van der Waals surface area contributed by atoms with Gasteiger partial charge in [0.05, 0.1) is 19.3 Å². The van der Waals surface area contributed by atoms with E-state index in [9.17, 15) is 5.11 Å². The Morgan fingerprint density at radius 1 is 1.33 bits per heavy atom. The van der Waals surface area contributed by atoms with E-state index in [-0.39, 0.29) is 0 Å². The van der Waals surface area contributed by atoms with Crippen molar-refractivity contribution < 1.29 is 9.84 Å². The van der Waals surface area contributed by atoms with Crippen molar-refractivity contribution in [2.45, 2.75) is 33.5 Å². The molecule has 2 unspecified atom stereocenters. The van der Waals surface area contributed by atoms with E-state index in [2.05, 4.69) is 26.1 Å². The third kappa shape index (κ3) is 6.50. The van der Waals surface area contributed by atoms with Crippen molar-refractivity contribution in [1.82, 2.24) is 5.32 Å². The molecule has 0 saturated carbocycles. The topological polar surface area (TPSA) is 41.5 Å². The maximum atomic E-state index is 9.75. The molecule has 0 aliphatic carbocycles. The van der Waals surface area contributed by atoms with Crippen LogP contribution in [0.1, 0.15) is 25.6 Å². The quantitative estimate of drug-likeness (QED) is 0.725. The van der Waals surface area contributed by atoms with Crippen molar-refractivity contribution in [3.05, 3.63) is 22.4 Å². The standard InChI is InChI=1S/C14H25NO2S/c1-11(2)12(3)7-15-8-13(16)9-17-10-14-5-4-6-18-14/h4-6,11-13,15-16H,7-10H2,1-3H3. The summed E-state index contributed by atoms with van der Waals surface area (Å²) in [7, 11) is 0. The van der Waals surface area contributed by atoms with Crippen LogP contribution in [0.25, 0.3) is 0 Å². The molecule has 2 atom stereocenters. The molecule has 1 aromatic heterocycles. The normalized spacial score (nSPS) is 14.9. The Morgan fingerprint density at radius 3 is 2.72 bits per heavy atom. The third-order valence-electron chi connectivity index (χ3n) is 3.12. The minimum atomic E-state index is -0.427. The van der Waals surface area contributed by atoms with Gasteiger partial charge in [-0.15, -0.1) is 11.3 Å². The molecule has 1 rings (SSSR count). The Kier molecular flexibility index (Phi) is 7.51. The van der Waals surface area contributed by atoms with Gasteiger partial charge in [-0.25, -0.2) is 0 Å². The summed E-state index contributed by atoms with van der Waals surface area (Å²) < 4.78 is 5.47. The average Bonchev–Trinajstić information content (AvgIpc) is 2.81. The van der Waals surface area contributed by atoms with E-state index in [1.54, 1.807) is 11.3 Å². The van der Waals surface area contributed by atoms with E-state index in [0.29, 0.717) is 31.6 Å². The maximum absolute atomic E-state index is 9.75. The Bertz CT molecular complexity index is 301. The van der Waals surface area contributed by atoms with E-state index in [1.807, 2.05) is 17.5 Å². The monoisotopic (exact) mass is 271 g/mol. The van der Waals surface area contributed by atoms with Crippen molar-refractivity contribution in [1.29, 1.82) is 0 Å². The Balaban J connectivity index is 2.02. The zero-order valence-corrected chi connectivity index (χ0v) is 12.4. The number of thiophene rings is 1. The molecular weight excluding hydrogens is 246 g/mol. The Labute approximate surface area is 114 Å². The third-order valence-corrected chi connectivity index (χ3v) is 3.97. The van der Waals surface area contributed by atoms with Crippen molar-refractivity contribution in [3.63, 3.8) is 0 Å². The van der Waals surface area contributed by atoms with Crippen molar-refractivity contribution in [3.8, 4) is 0 Å². The fourth-order valence-corrected chi connectivity index (χ4v) is 2.10. The molecule has 4 heteroatoms. The first-order chi connectivity index (χ1) is 8.59. The van der Waals surface area contributed by atoms with E-state index in [1.165, 1.54) is 4.88 Å². The number of rotatable bonds is 9. The number of hydrogen-bond donors (Lipinski definition) is 2. The van der Waals surface area contributed by atoms with Gasteiger partial charge in [-0.3, -0.25) is 0 Å². The van der Waals surface area contributed by atoms with Gasteiger partial charge in [0.25, 0.3) is 0 Å². The van der Waals surface area contributed by atoms with Gasteiger partial charge < -0.3 is 15.2 Å². The molecule has 18 heavy (non-hydrogen) atoms. The lowest BCUT2D eigenvalue weighted by Crippen LogP contribution is -2.34. The summed E-state index contributed by atoms with van der Waals surface area (Å²) >= 11 is 1.68.